The van der Waals surface area contributed by atoms with E-state index in [0.717, 1.165) is 12.8 Å². The number of oxazole rings is 1. The molecule has 1 atom stereocenters. The topological polar surface area (TPSA) is 96.3 Å². The van der Waals surface area contributed by atoms with Crippen molar-refractivity contribution in [1.29, 1.82) is 0 Å². The third-order valence-electron chi connectivity index (χ3n) is 3.59. The molecule has 1 fully saturated rings. The molecule has 22 heavy (non-hydrogen) atoms. The molecule has 1 aliphatic heterocycles. The van der Waals surface area contributed by atoms with E-state index in [2.05, 4.69) is 20.9 Å². The van der Waals surface area contributed by atoms with Crippen LogP contribution >= 0.6 is 0 Å². The molecule has 0 radical (unpaired) electrons. The Balaban J connectivity index is 1.65. The molecule has 1 unspecified atom stereocenters. The van der Waals surface area contributed by atoms with Crippen LogP contribution in [0.1, 0.15) is 25.2 Å². The molecule has 0 bridgehead atoms. The van der Waals surface area contributed by atoms with Crippen molar-refractivity contribution in [2.24, 2.45) is 0 Å². The Bertz CT molecular complexity index is 710. The first-order chi connectivity index (χ1) is 10.6. The first-order valence-electron chi connectivity index (χ1n) is 7.34. The maximum absolute atomic E-state index is 12.0. The van der Waals surface area contributed by atoms with Crippen molar-refractivity contribution in [1.82, 2.24) is 15.6 Å². The molecule has 7 nitrogen and oxygen atoms in total. The van der Waals surface area contributed by atoms with Crippen LogP contribution in [-0.2, 0) is 4.79 Å². The number of aryl methyl sites for hydroxylation is 1. The van der Waals surface area contributed by atoms with Gasteiger partial charge in [0.2, 0.25) is 5.91 Å². The van der Waals surface area contributed by atoms with E-state index in [4.69, 9.17) is 4.42 Å². The summed E-state index contributed by atoms with van der Waals surface area (Å²) < 4.78 is 5.38. The third kappa shape index (κ3) is 3.19. The van der Waals surface area contributed by atoms with Crippen LogP contribution in [0.15, 0.2) is 22.6 Å². The van der Waals surface area contributed by atoms with E-state index in [1.54, 1.807) is 25.1 Å². The van der Waals surface area contributed by atoms with E-state index < -0.39 is 12.1 Å². The molecule has 1 aromatic heterocycles. The fourth-order valence-electron chi connectivity index (χ4n) is 2.52. The van der Waals surface area contributed by atoms with Crippen LogP contribution in [0.4, 0.5) is 10.5 Å². The second kappa shape index (κ2) is 6.05. The van der Waals surface area contributed by atoms with Crippen molar-refractivity contribution in [3.05, 3.63) is 24.1 Å². The summed E-state index contributed by atoms with van der Waals surface area (Å²) in [5.74, 6) is 0.446. The number of nitrogens with zero attached hydrogens (tertiary/aromatic N) is 1. The molecule has 0 saturated carbocycles. The molecule has 1 aliphatic rings. The number of amides is 3. The predicted octanol–water partition coefficient (Wildman–Crippen LogP) is 1.93. The van der Waals surface area contributed by atoms with Crippen molar-refractivity contribution in [3.63, 3.8) is 0 Å². The maximum Gasteiger partial charge on any atom is 0.319 e. The number of fused-ring (bicyclic) bond motifs is 1. The van der Waals surface area contributed by atoms with Crippen LogP contribution in [0.3, 0.4) is 0 Å². The number of anilines is 1. The zero-order valence-electron chi connectivity index (χ0n) is 12.3. The number of carbonyl (C=O) groups excluding carboxylic acids is 2. The Labute approximate surface area is 127 Å². The molecule has 1 saturated heterocycles. The number of benzene rings is 1. The number of rotatable bonds is 2. The molecule has 116 valence electrons. The molecule has 0 aliphatic carbocycles. The SMILES string of the molecule is Cc1nc2cc(NC(=O)NC3CCCCNC3=O)ccc2o1. The van der Waals surface area contributed by atoms with Gasteiger partial charge in [-0.1, -0.05) is 0 Å². The Kier molecular flexibility index (Phi) is 3.95. The van der Waals surface area contributed by atoms with Gasteiger partial charge in [0.25, 0.3) is 0 Å². The van der Waals surface area contributed by atoms with Crippen molar-refractivity contribution in [2.45, 2.75) is 32.2 Å². The first kappa shape index (κ1) is 14.4. The maximum atomic E-state index is 12.0. The highest BCUT2D eigenvalue weighted by atomic mass is 16.3. The summed E-state index contributed by atoms with van der Waals surface area (Å²) >= 11 is 0. The Morgan fingerprint density at radius 2 is 2.27 bits per heavy atom. The van der Waals surface area contributed by atoms with Crippen LogP contribution in [0.25, 0.3) is 11.1 Å². The Morgan fingerprint density at radius 3 is 3.14 bits per heavy atom. The molecular weight excluding hydrogens is 284 g/mol. The van der Waals surface area contributed by atoms with E-state index in [0.29, 0.717) is 35.6 Å². The van der Waals surface area contributed by atoms with Crippen LogP contribution < -0.4 is 16.0 Å². The smallest absolute Gasteiger partial charge is 0.319 e. The van der Waals surface area contributed by atoms with Crippen molar-refractivity contribution in [2.75, 3.05) is 11.9 Å². The van der Waals surface area contributed by atoms with Gasteiger partial charge in [0.1, 0.15) is 11.6 Å². The summed E-state index contributed by atoms with van der Waals surface area (Å²) in [4.78, 5) is 28.1. The van der Waals surface area contributed by atoms with Crippen LogP contribution in [0, 0.1) is 6.92 Å². The lowest BCUT2D eigenvalue weighted by Crippen LogP contribution is -2.46. The van der Waals surface area contributed by atoms with E-state index in [9.17, 15) is 9.59 Å². The second-order valence-corrected chi connectivity index (χ2v) is 5.35. The summed E-state index contributed by atoms with van der Waals surface area (Å²) in [7, 11) is 0. The van der Waals surface area contributed by atoms with E-state index in [1.807, 2.05) is 0 Å². The standard InChI is InChI=1S/C15H18N4O3/c1-9-17-12-8-10(5-6-13(12)22-9)18-15(21)19-11-4-2-3-7-16-14(11)20/h5-6,8,11H,2-4,7H2,1H3,(H,16,20)(H2,18,19,21). The lowest BCUT2D eigenvalue weighted by molar-refractivity contribution is -0.122. The average Bonchev–Trinajstić information content (AvgIpc) is 2.72. The van der Waals surface area contributed by atoms with Crippen molar-refractivity contribution >= 4 is 28.7 Å². The number of hydrogen-bond acceptors (Lipinski definition) is 4. The summed E-state index contributed by atoms with van der Waals surface area (Å²) in [5.41, 5.74) is 1.96. The molecule has 2 heterocycles. The van der Waals surface area contributed by atoms with E-state index >= 15 is 0 Å². The number of urea groups is 1. The van der Waals surface area contributed by atoms with Gasteiger partial charge in [-0.15, -0.1) is 0 Å². The van der Waals surface area contributed by atoms with Crippen molar-refractivity contribution < 1.29 is 14.0 Å². The van der Waals surface area contributed by atoms with Gasteiger partial charge in [-0.05, 0) is 37.5 Å². The minimum absolute atomic E-state index is 0.129. The highest BCUT2D eigenvalue weighted by Crippen LogP contribution is 2.19. The normalized spacial score (nSPS) is 18.6. The Morgan fingerprint density at radius 1 is 1.41 bits per heavy atom. The van der Waals surface area contributed by atoms with Gasteiger partial charge in [0.15, 0.2) is 11.5 Å². The summed E-state index contributed by atoms with van der Waals surface area (Å²) in [6, 6.07) is 4.34. The van der Waals surface area contributed by atoms with Gasteiger partial charge < -0.3 is 20.4 Å². The number of carbonyl (C=O) groups is 2. The minimum atomic E-state index is -0.486. The molecule has 2 aromatic rings. The quantitative estimate of drug-likeness (QED) is 0.789. The van der Waals surface area contributed by atoms with Gasteiger partial charge in [-0.2, -0.15) is 0 Å². The molecule has 3 amide bonds. The van der Waals surface area contributed by atoms with Crippen LogP contribution in [-0.4, -0.2) is 29.5 Å². The highest BCUT2D eigenvalue weighted by molar-refractivity contribution is 5.95. The monoisotopic (exact) mass is 302 g/mol. The lowest BCUT2D eigenvalue weighted by atomic mass is 10.1. The second-order valence-electron chi connectivity index (χ2n) is 5.35. The Hall–Kier alpha value is -2.57. The van der Waals surface area contributed by atoms with Crippen LogP contribution in [0.5, 0.6) is 0 Å². The molecule has 3 rings (SSSR count). The van der Waals surface area contributed by atoms with Gasteiger partial charge >= 0.3 is 6.03 Å². The minimum Gasteiger partial charge on any atom is -0.441 e. The van der Waals surface area contributed by atoms with Gasteiger partial charge in [0, 0.05) is 19.2 Å². The number of aromatic nitrogens is 1. The third-order valence-corrected chi connectivity index (χ3v) is 3.59. The lowest BCUT2D eigenvalue weighted by Gasteiger charge is -2.15. The van der Waals surface area contributed by atoms with Gasteiger partial charge in [-0.25, -0.2) is 9.78 Å². The van der Waals surface area contributed by atoms with Crippen LogP contribution in [0.2, 0.25) is 0 Å². The largest absolute Gasteiger partial charge is 0.441 e. The molecule has 0 spiro atoms. The van der Waals surface area contributed by atoms with Crippen molar-refractivity contribution in [3.8, 4) is 0 Å². The zero-order valence-corrected chi connectivity index (χ0v) is 12.3. The summed E-state index contributed by atoms with van der Waals surface area (Å²) in [5, 5.41) is 8.21. The molecular formula is C15H18N4O3. The fraction of sp³-hybridized carbons (Fsp3) is 0.400. The van der Waals surface area contributed by atoms with Gasteiger partial charge in [0.05, 0.1) is 0 Å². The van der Waals surface area contributed by atoms with E-state index in [1.165, 1.54) is 0 Å². The summed E-state index contributed by atoms with van der Waals surface area (Å²) in [6.07, 6.45) is 2.50. The molecule has 3 N–H and O–H groups in total. The first-order valence-corrected chi connectivity index (χ1v) is 7.34. The zero-order chi connectivity index (χ0) is 15.5. The highest BCUT2D eigenvalue weighted by Gasteiger charge is 2.22. The average molecular weight is 302 g/mol. The predicted molar refractivity (Wildman–Crippen MR) is 81.5 cm³/mol. The molecule has 7 heteroatoms. The molecule has 1 aromatic carbocycles. The number of nitrogens with one attached hydrogen (secondary N) is 3. The summed E-state index contributed by atoms with van der Waals surface area (Å²) in [6.45, 7) is 2.44. The van der Waals surface area contributed by atoms with E-state index in [-0.39, 0.29) is 5.91 Å². The number of hydrogen-bond donors (Lipinski definition) is 3. The van der Waals surface area contributed by atoms with Gasteiger partial charge in [-0.3, -0.25) is 4.79 Å². The fourth-order valence-corrected chi connectivity index (χ4v) is 2.52.